The zero-order chi connectivity index (χ0) is 31.6. The highest BCUT2D eigenvalue weighted by Gasteiger charge is 2.41. The number of thioether (sulfide) groups is 1. The number of nitrogens with one attached hydrogen (secondary N) is 1. The Labute approximate surface area is 261 Å². The molecule has 0 aliphatic carbocycles. The van der Waals surface area contributed by atoms with E-state index in [4.69, 9.17) is 9.47 Å². The van der Waals surface area contributed by atoms with E-state index in [9.17, 15) is 23.1 Å². The van der Waals surface area contributed by atoms with Gasteiger partial charge in [0.25, 0.3) is 5.91 Å². The lowest BCUT2D eigenvalue weighted by atomic mass is 9.90. The Bertz CT molecular complexity index is 1800. The number of ether oxygens (including phenoxy) is 2. The van der Waals surface area contributed by atoms with E-state index in [1.165, 1.54) is 59.4 Å². The van der Waals surface area contributed by atoms with Gasteiger partial charge in [-0.1, -0.05) is 31.2 Å². The van der Waals surface area contributed by atoms with Gasteiger partial charge in [-0.25, -0.2) is 22.8 Å². The monoisotopic (exact) mass is 634 g/mol. The lowest BCUT2D eigenvalue weighted by Gasteiger charge is -2.37. The average molecular weight is 635 g/mol. The molecule has 0 radical (unpaired) electrons. The standard InChI is InChI=1S/C33H29F3N4O4S/c1-20(33(42,17-40-19-37-18-38-40)29-11-8-26(35)14-30(29)36)45-28-15-43-32(44-16-28)24-5-3-21-12-23(4-2-22(21)13-24)31(41)39-27-9-6-25(34)7-10-27/h2-14,18-20,28,32,42H,15-17H2,1H3,(H,39,41). The Balaban J connectivity index is 1.10. The Morgan fingerprint density at radius 2 is 1.71 bits per heavy atom. The number of rotatable bonds is 9. The molecular formula is C33H29F3N4O4S. The van der Waals surface area contributed by atoms with Crippen LogP contribution in [-0.4, -0.2) is 49.5 Å². The first-order chi connectivity index (χ1) is 21.7. The van der Waals surface area contributed by atoms with Crippen molar-refractivity contribution >= 4 is 34.1 Å². The van der Waals surface area contributed by atoms with Crippen molar-refractivity contribution in [2.45, 2.75) is 35.9 Å². The summed E-state index contributed by atoms with van der Waals surface area (Å²) >= 11 is 1.38. The maximum absolute atomic E-state index is 14.9. The number of carbonyl (C=O) groups excluding carboxylic acids is 1. The van der Waals surface area contributed by atoms with Crippen molar-refractivity contribution in [3.63, 3.8) is 0 Å². The van der Waals surface area contributed by atoms with Crippen LogP contribution in [0.15, 0.2) is 91.5 Å². The lowest BCUT2D eigenvalue weighted by molar-refractivity contribution is -0.179. The minimum absolute atomic E-state index is 0.0396. The zero-order valence-corrected chi connectivity index (χ0v) is 24.9. The van der Waals surface area contributed by atoms with E-state index in [-0.39, 0.29) is 29.1 Å². The minimum Gasteiger partial charge on any atom is -0.382 e. The molecule has 1 aliphatic rings. The summed E-state index contributed by atoms with van der Waals surface area (Å²) in [5.41, 5.74) is -0.0132. The largest absolute Gasteiger partial charge is 0.382 e. The molecule has 1 aliphatic heterocycles. The topological polar surface area (TPSA) is 98.5 Å². The van der Waals surface area contributed by atoms with Gasteiger partial charge in [0.15, 0.2) is 6.29 Å². The van der Waals surface area contributed by atoms with Crippen LogP contribution < -0.4 is 5.32 Å². The van der Waals surface area contributed by atoms with Gasteiger partial charge in [-0.05, 0) is 59.3 Å². The van der Waals surface area contributed by atoms with Crippen LogP contribution in [0.4, 0.5) is 18.9 Å². The molecular weight excluding hydrogens is 605 g/mol. The molecule has 2 N–H and O–H groups in total. The predicted molar refractivity (Wildman–Crippen MR) is 164 cm³/mol. The van der Waals surface area contributed by atoms with Crippen LogP contribution in [0, 0.1) is 17.5 Å². The Kier molecular flexibility index (Phi) is 8.90. The van der Waals surface area contributed by atoms with E-state index in [1.54, 1.807) is 19.1 Å². The van der Waals surface area contributed by atoms with Crippen LogP contribution in [0.25, 0.3) is 10.8 Å². The molecule has 6 rings (SSSR count). The van der Waals surface area contributed by atoms with Gasteiger partial charge in [0.1, 0.15) is 35.7 Å². The average Bonchev–Trinajstić information content (AvgIpc) is 3.54. The van der Waals surface area contributed by atoms with Crippen molar-refractivity contribution in [3.05, 3.63) is 126 Å². The summed E-state index contributed by atoms with van der Waals surface area (Å²) < 4.78 is 55.3. The molecule has 2 unspecified atom stereocenters. The van der Waals surface area contributed by atoms with Crippen molar-refractivity contribution in [2.24, 2.45) is 0 Å². The number of anilines is 1. The number of aliphatic hydroxyl groups is 1. The van der Waals surface area contributed by atoms with Crippen molar-refractivity contribution < 1.29 is 32.5 Å². The molecule has 2 heterocycles. The number of aromatic nitrogens is 3. The van der Waals surface area contributed by atoms with Crippen molar-refractivity contribution in [1.29, 1.82) is 0 Å². The molecule has 4 aromatic carbocycles. The number of carbonyl (C=O) groups is 1. The summed E-state index contributed by atoms with van der Waals surface area (Å²) in [5, 5.41) is 19.6. The minimum atomic E-state index is -1.74. The number of amides is 1. The van der Waals surface area contributed by atoms with Crippen LogP contribution in [-0.2, 0) is 21.6 Å². The molecule has 12 heteroatoms. The highest BCUT2D eigenvalue weighted by molar-refractivity contribution is 8.00. The van der Waals surface area contributed by atoms with E-state index in [0.717, 1.165) is 28.5 Å². The van der Waals surface area contributed by atoms with Crippen molar-refractivity contribution in [3.8, 4) is 0 Å². The molecule has 1 fully saturated rings. The second kappa shape index (κ2) is 13.0. The van der Waals surface area contributed by atoms with Crippen LogP contribution in [0.2, 0.25) is 0 Å². The highest BCUT2D eigenvalue weighted by atomic mass is 32.2. The van der Waals surface area contributed by atoms with Crippen LogP contribution in [0.3, 0.4) is 0 Å². The van der Waals surface area contributed by atoms with E-state index >= 15 is 0 Å². The summed E-state index contributed by atoms with van der Waals surface area (Å²) in [6.07, 6.45) is 2.13. The molecule has 8 nitrogen and oxygen atoms in total. The van der Waals surface area contributed by atoms with Crippen molar-refractivity contribution in [2.75, 3.05) is 18.5 Å². The van der Waals surface area contributed by atoms with E-state index < -0.39 is 28.8 Å². The summed E-state index contributed by atoms with van der Waals surface area (Å²) in [5.74, 6) is -2.27. The van der Waals surface area contributed by atoms with Crippen LogP contribution in [0.1, 0.15) is 34.7 Å². The van der Waals surface area contributed by atoms with Gasteiger partial charge in [-0.3, -0.25) is 4.79 Å². The smallest absolute Gasteiger partial charge is 0.255 e. The molecule has 0 bridgehead atoms. The fraction of sp³-hybridized carbons (Fsp3) is 0.242. The molecule has 2 atom stereocenters. The first kappa shape index (κ1) is 30.8. The van der Waals surface area contributed by atoms with Crippen molar-refractivity contribution in [1.82, 2.24) is 14.8 Å². The quantitative estimate of drug-likeness (QED) is 0.199. The first-order valence-corrected chi connectivity index (χ1v) is 15.1. The molecule has 0 saturated carbocycles. The summed E-state index contributed by atoms with van der Waals surface area (Å²) in [4.78, 5) is 16.6. The Hall–Kier alpha value is -4.23. The molecule has 5 aromatic rings. The van der Waals surface area contributed by atoms with Gasteiger partial charge in [0.2, 0.25) is 0 Å². The zero-order valence-electron chi connectivity index (χ0n) is 24.1. The fourth-order valence-electron chi connectivity index (χ4n) is 5.28. The maximum Gasteiger partial charge on any atom is 0.255 e. The molecule has 1 amide bonds. The number of hydrogen-bond donors (Lipinski definition) is 2. The summed E-state index contributed by atoms with van der Waals surface area (Å²) in [6, 6.07) is 19.7. The van der Waals surface area contributed by atoms with Gasteiger partial charge in [-0.15, -0.1) is 11.8 Å². The van der Waals surface area contributed by atoms with Gasteiger partial charge >= 0.3 is 0 Å². The first-order valence-electron chi connectivity index (χ1n) is 14.2. The SMILES string of the molecule is CC(SC1COC(c2ccc3cc(C(=O)Nc4ccc(F)cc4)ccc3c2)OC1)C(O)(Cn1cncn1)c1ccc(F)cc1F. The third kappa shape index (κ3) is 6.89. The van der Waals surface area contributed by atoms with E-state index in [1.807, 2.05) is 24.3 Å². The van der Waals surface area contributed by atoms with E-state index in [0.29, 0.717) is 24.5 Å². The predicted octanol–water partition coefficient (Wildman–Crippen LogP) is 6.22. The molecule has 0 spiro atoms. The third-order valence-corrected chi connectivity index (χ3v) is 9.16. The second-order valence-corrected chi connectivity index (χ2v) is 12.5. The van der Waals surface area contributed by atoms with Gasteiger partial charge in [0.05, 0.1) is 25.0 Å². The normalized spacial score (nSPS) is 18.8. The lowest BCUT2D eigenvalue weighted by Crippen LogP contribution is -2.43. The molecule has 45 heavy (non-hydrogen) atoms. The van der Waals surface area contributed by atoms with Gasteiger partial charge in [0, 0.05) is 33.7 Å². The molecule has 1 aromatic heterocycles. The number of benzene rings is 4. The summed E-state index contributed by atoms with van der Waals surface area (Å²) in [6.45, 7) is 2.30. The van der Waals surface area contributed by atoms with E-state index in [2.05, 4.69) is 15.4 Å². The summed E-state index contributed by atoms with van der Waals surface area (Å²) in [7, 11) is 0. The fourth-order valence-corrected chi connectivity index (χ4v) is 6.60. The van der Waals surface area contributed by atoms with Gasteiger partial charge in [-0.2, -0.15) is 5.10 Å². The molecule has 232 valence electrons. The number of hydrogen-bond acceptors (Lipinski definition) is 7. The second-order valence-electron chi connectivity index (χ2n) is 10.8. The van der Waals surface area contributed by atoms with Crippen LogP contribution in [0.5, 0.6) is 0 Å². The number of halogens is 3. The molecule has 1 saturated heterocycles. The Morgan fingerprint density at radius 3 is 2.42 bits per heavy atom. The van der Waals surface area contributed by atoms with Crippen LogP contribution >= 0.6 is 11.8 Å². The number of fused-ring (bicyclic) bond motifs is 1. The highest BCUT2D eigenvalue weighted by Crippen LogP contribution is 2.40. The Morgan fingerprint density at radius 1 is 1.00 bits per heavy atom. The maximum atomic E-state index is 14.9. The number of nitrogens with zero attached hydrogens (tertiary/aromatic N) is 3. The van der Waals surface area contributed by atoms with Gasteiger partial charge < -0.3 is 19.9 Å². The third-order valence-electron chi connectivity index (χ3n) is 7.70.